The molecule has 0 saturated heterocycles. The number of thiocarbonyl (C=S) groups is 2. The molecule has 0 spiro atoms. The summed E-state index contributed by atoms with van der Waals surface area (Å²) >= 11 is 10.2. The summed E-state index contributed by atoms with van der Waals surface area (Å²) in [6, 6.07) is 15.5. The number of hydrogen-bond acceptors (Lipinski definition) is 6. The molecule has 2 amide bonds. The van der Waals surface area contributed by atoms with Gasteiger partial charge in [0, 0.05) is 12.8 Å². The SMILES string of the molecule is Cc1cccc(NNC(=S)NC(=O)CCCCCC(=O)NC(=S)NNc2cccc(C)c2)c1. The van der Waals surface area contributed by atoms with Gasteiger partial charge in [0.25, 0.3) is 0 Å². The summed E-state index contributed by atoms with van der Waals surface area (Å²) in [4.78, 5) is 24.0. The second-order valence-electron chi connectivity index (χ2n) is 7.55. The van der Waals surface area contributed by atoms with Gasteiger partial charge in [-0.05, 0) is 86.5 Å². The van der Waals surface area contributed by atoms with E-state index in [4.69, 9.17) is 24.4 Å². The van der Waals surface area contributed by atoms with E-state index in [0.29, 0.717) is 25.7 Å². The van der Waals surface area contributed by atoms with Crippen LogP contribution in [0, 0.1) is 13.8 Å². The van der Waals surface area contributed by atoms with Gasteiger partial charge in [-0.25, -0.2) is 0 Å². The Kier molecular flexibility index (Phi) is 11.1. The highest BCUT2D eigenvalue weighted by atomic mass is 32.1. The number of hydrogen-bond donors (Lipinski definition) is 6. The van der Waals surface area contributed by atoms with Crippen molar-refractivity contribution in [1.29, 1.82) is 0 Å². The van der Waals surface area contributed by atoms with Crippen LogP contribution in [-0.4, -0.2) is 22.0 Å². The molecule has 0 bridgehead atoms. The molecule has 6 N–H and O–H groups in total. The van der Waals surface area contributed by atoms with Crippen LogP contribution in [0.3, 0.4) is 0 Å². The quantitative estimate of drug-likeness (QED) is 0.172. The largest absolute Gasteiger partial charge is 0.302 e. The standard InChI is InChI=1S/C23H30N6O2S2/c1-16-8-6-10-18(14-16)26-28-22(32)24-20(30)12-4-3-5-13-21(31)25-23(33)29-27-19-11-7-9-17(2)15-19/h6-11,14-15,26-27H,3-5,12-13H2,1-2H3,(H2,24,28,30,32)(H2,25,29,31,33). The van der Waals surface area contributed by atoms with Crippen molar-refractivity contribution < 1.29 is 9.59 Å². The average molecular weight is 487 g/mol. The monoisotopic (exact) mass is 486 g/mol. The van der Waals surface area contributed by atoms with E-state index in [2.05, 4.69) is 32.3 Å². The molecule has 0 saturated carbocycles. The lowest BCUT2D eigenvalue weighted by molar-refractivity contribution is -0.120. The van der Waals surface area contributed by atoms with Crippen molar-refractivity contribution in [3.05, 3.63) is 59.7 Å². The lowest BCUT2D eigenvalue weighted by Crippen LogP contribution is -2.42. The molecule has 10 heteroatoms. The molecule has 176 valence electrons. The Morgan fingerprint density at radius 2 is 1.12 bits per heavy atom. The first-order valence-corrected chi connectivity index (χ1v) is 11.5. The molecular weight excluding hydrogens is 456 g/mol. The van der Waals surface area contributed by atoms with Gasteiger partial charge < -0.3 is 10.6 Å². The molecule has 0 aliphatic heterocycles. The van der Waals surface area contributed by atoms with Gasteiger partial charge in [0.2, 0.25) is 11.8 Å². The number of nitrogens with one attached hydrogen (secondary N) is 6. The zero-order valence-electron chi connectivity index (χ0n) is 18.8. The maximum absolute atomic E-state index is 12.0. The number of aryl methyl sites for hydroxylation is 2. The van der Waals surface area contributed by atoms with E-state index in [-0.39, 0.29) is 22.0 Å². The summed E-state index contributed by atoms with van der Waals surface area (Å²) in [5.74, 6) is -0.341. The highest BCUT2D eigenvalue weighted by molar-refractivity contribution is 7.80. The Morgan fingerprint density at radius 1 is 0.697 bits per heavy atom. The van der Waals surface area contributed by atoms with Crippen molar-refractivity contribution in [2.24, 2.45) is 0 Å². The van der Waals surface area contributed by atoms with Crippen LogP contribution < -0.4 is 32.3 Å². The van der Waals surface area contributed by atoms with Crippen molar-refractivity contribution in [2.45, 2.75) is 46.0 Å². The molecule has 0 aromatic heterocycles. The predicted molar refractivity (Wildman–Crippen MR) is 140 cm³/mol. The van der Waals surface area contributed by atoms with Crippen molar-refractivity contribution in [3.63, 3.8) is 0 Å². The fraction of sp³-hybridized carbons (Fsp3) is 0.304. The lowest BCUT2D eigenvalue weighted by atomic mass is 10.1. The van der Waals surface area contributed by atoms with Crippen LogP contribution in [-0.2, 0) is 9.59 Å². The number of anilines is 2. The van der Waals surface area contributed by atoms with Crippen molar-refractivity contribution in [2.75, 3.05) is 10.9 Å². The van der Waals surface area contributed by atoms with Crippen LogP contribution in [0.5, 0.6) is 0 Å². The van der Waals surface area contributed by atoms with Gasteiger partial charge in [-0.1, -0.05) is 30.7 Å². The van der Waals surface area contributed by atoms with Crippen LogP contribution in [0.1, 0.15) is 43.2 Å². The van der Waals surface area contributed by atoms with Crippen molar-refractivity contribution in [3.8, 4) is 0 Å². The van der Waals surface area contributed by atoms with Crippen LogP contribution in [0.25, 0.3) is 0 Å². The molecule has 2 aromatic carbocycles. The summed E-state index contributed by atoms with van der Waals surface area (Å²) in [6.45, 7) is 3.98. The Labute approximate surface area is 205 Å². The van der Waals surface area contributed by atoms with Crippen LogP contribution in [0.2, 0.25) is 0 Å². The molecule has 33 heavy (non-hydrogen) atoms. The molecule has 0 aliphatic rings. The topological polar surface area (TPSA) is 106 Å². The van der Waals surface area contributed by atoms with E-state index in [9.17, 15) is 9.59 Å². The van der Waals surface area contributed by atoms with E-state index in [0.717, 1.165) is 28.9 Å². The Morgan fingerprint density at radius 3 is 1.52 bits per heavy atom. The highest BCUT2D eigenvalue weighted by Crippen LogP contribution is 2.09. The second kappa shape index (κ2) is 14.0. The third-order valence-electron chi connectivity index (χ3n) is 4.49. The number of hydrazine groups is 2. The fourth-order valence-electron chi connectivity index (χ4n) is 2.89. The van der Waals surface area contributed by atoms with Gasteiger partial charge in [-0.15, -0.1) is 0 Å². The lowest BCUT2D eigenvalue weighted by Gasteiger charge is -2.12. The average Bonchev–Trinajstić information content (AvgIpc) is 2.76. The van der Waals surface area contributed by atoms with Crippen molar-refractivity contribution in [1.82, 2.24) is 21.5 Å². The smallest absolute Gasteiger partial charge is 0.226 e. The number of amides is 2. The first kappa shape index (κ1) is 26.0. The molecule has 2 aromatic rings. The molecule has 0 heterocycles. The number of benzene rings is 2. The first-order chi connectivity index (χ1) is 15.8. The van der Waals surface area contributed by atoms with Crippen LogP contribution >= 0.6 is 24.4 Å². The van der Waals surface area contributed by atoms with E-state index < -0.39 is 0 Å². The molecule has 0 unspecified atom stereocenters. The van der Waals surface area contributed by atoms with E-state index in [1.165, 1.54) is 0 Å². The first-order valence-electron chi connectivity index (χ1n) is 10.7. The Balaban J connectivity index is 1.51. The molecular formula is C23H30N6O2S2. The maximum atomic E-state index is 12.0. The third kappa shape index (κ3) is 11.3. The normalized spacial score (nSPS) is 10.0. The van der Waals surface area contributed by atoms with E-state index in [1.54, 1.807) is 0 Å². The Bertz CT molecular complexity index is 905. The zero-order chi connectivity index (χ0) is 24.1. The number of carbonyl (C=O) groups excluding carboxylic acids is 2. The molecule has 0 aliphatic carbocycles. The number of carbonyl (C=O) groups is 2. The molecule has 8 nitrogen and oxygen atoms in total. The second-order valence-corrected chi connectivity index (χ2v) is 8.37. The fourth-order valence-corrected chi connectivity index (χ4v) is 3.22. The van der Waals surface area contributed by atoms with Gasteiger partial charge in [-0.3, -0.25) is 31.3 Å². The Hall–Kier alpha value is -3.24. The van der Waals surface area contributed by atoms with E-state index in [1.807, 2.05) is 62.4 Å². The maximum Gasteiger partial charge on any atom is 0.226 e. The number of unbranched alkanes of at least 4 members (excludes halogenated alkanes) is 2. The predicted octanol–water partition coefficient (Wildman–Crippen LogP) is 3.59. The van der Waals surface area contributed by atoms with Crippen LogP contribution in [0.4, 0.5) is 11.4 Å². The summed E-state index contributed by atoms with van der Waals surface area (Å²) in [7, 11) is 0. The van der Waals surface area contributed by atoms with Gasteiger partial charge in [0.05, 0.1) is 11.4 Å². The van der Waals surface area contributed by atoms with Gasteiger partial charge in [0.15, 0.2) is 10.2 Å². The third-order valence-corrected chi connectivity index (χ3v) is 4.90. The summed E-state index contributed by atoms with van der Waals surface area (Å²) < 4.78 is 0. The zero-order valence-corrected chi connectivity index (χ0v) is 20.4. The molecule has 2 rings (SSSR count). The van der Waals surface area contributed by atoms with Gasteiger partial charge >= 0.3 is 0 Å². The summed E-state index contributed by atoms with van der Waals surface area (Å²) in [5, 5.41) is 5.68. The summed E-state index contributed by atoms with van der Waals surface area (Å²) in [5.41, 5.74) is 15.4. The van der Waals surface area contributed by atoms with Crippen molar-refractivity contribution >= 4 is 57.8 Å². The van der Waals surface area contributed by atoms with E-state index >= 15 is 0 Å². The minimum atomic E-state index is -0.171. The molecule has 0 atom stereocenters. The number of rotatable bonds is 10. The minimum absolute atomic E-state index is 0.171. The molecule has 0 fully saturated rings. The van der Waals surface area contributed by atoms with Gasteiger partial charge in [0.1, 0.15) is 0 Å². The summed E-state index contributed by atoms with van der Waals surface area (Å²) in [6.07, 6.45) is 2.71. The minimum Gasteiger partial charge on any atom is -0.302 e. The van der Waals surface area contributed by atoms with Crippen LogP contribution in [0.15, 0.2) is 48.5 Å². The highest BCUT2D eigenvalue weighted by Gasteiger charge is 2.07. The van der Waals surface area contributed by atoms with Gasteiger partial charge in [-0.2, -0.15) is 0 Å². The molecule has 0 radical (unpaired) electrons.